The van der Waals surface area contributed by atoms with E-state index in [0.717, 1.165) is 16.0 Å². The summed E-state index contributed by atoms with van der Waals surface area (Å²) >= 11 is 0. The molecule has 6 nitrogen and oxygen atoms in total. The molecule has 29 heavy (non-hydrogen) atoms. The van der Waals surface area contributed by atoms with E-state index >= 15 is 0 Å². The van der Waals surface area contributed by atoms with Gasteiger partial charge < -0.3 is 4.42 Å². The van der Waals surface area contributed by atoms with Crippen LogP contribution in [0.15, 0.2) is 70.1 Å². The van der Waals surface area contributed by atoms with Crippen LogP contribution in [0.25, 0.3) is 34.3 Å². The van der Waals surface area contributed by atoms with E-state index in [-0.39, 0.29) is 6.68 Å². The Balaban J connectivity index is 0.00000256. The quantitative estimate of drug-likeness (QED) is 0.467. The molecule has 4 rings (SSSR count). The fourth-order valence-electron chi connectivity index (χ4n) is 2.84. The zero-order chi connectivity index (χ0) is 20.4. The molecule has 1 atom stereocenters. The summed E-state index contributed by atoms with van der Waals surface area (Å²) in [6, 6.07) is 17.1. The minimum absolute atomic E-state index is 0. The second-order valence-corrected chi connectivity index (χ2v) is 8.85. The molecule has 0 aliphatic rings. The Morgan fingerprint density at radius 3 is 2.31 bits per heavy atom. The van der Waals surface area contributed by atoms with Gasteiger partial charge in [-0.05, 0) is 31.2 Å². The highest BCUT2D eigenvalue weighted by atomic mass is 32.2. The zero-order valence-electron chi connectivity index (χ0n) is 16.4. The van der Waals surface area contributed by atoms with Crippen LogP contribution in [0, 0.1) is 6.92 Å². The van der Waals surface area contributed by atoms with Crippen LogP contribution in [0.5, 0.6) is 0 Å². The van der Waals surface area contributed by atoms with Crippen molar-refractivity contribution < 1.29 is 10.1 Å². The van der Waals surface area contributed by atoms with Crippen LogP contribution < -0.4 is 0 Å². The standard InChI is InChI=1S/C22H20N4O2S.H2/c1-14(2)29(27)18-11-9-16(10-12-18)19-13-23-15(3)20(24-19)22-26-25-21(28-22)17-7-5-4-6-8-17;/h4-14H,1-3H3;1H. The summed E-state index contributed by atoms with van der Waals surface area (Å²) in [7, 11) is -1.02. The molecule has 0 spiro atoms. The lowest BCUT2D eigenvalue weighted by Crippen LogP contribution is -2.05. The van der Waals surface area contributed by atoms with Gasteiger partial charge in [0.2, 0.25) is 5.89 Å². The Hall–Kier alpha value is -3.19. The molecule has 0 N–H and O–H groups in total. The molecule has 2 aromatic heterocycles. The van der Waals surface area contributed by atoms with Crippen molar-refractivity contribution in [1.29, 1.82) is 0 Å². The maximum absolute atomic E-state index is 12.3. The van der Waals surface area contributed by atoms with Gasteiger partial charge in [-0.15, -0.1) is 10.2 Å². The van der Waals surface area contributed by atoms with Gasteiger partial charge >= 0.3 is 0 Å². The van der Waals surface area contributed by atoms with E-state index in [1.54, 1.807) is 6.20 Å². The lowest BCUT2D eigenvalue weighted by molar-refractivity contribution is 0.581. The van der Waals surface area contributed by atoms with Crippen LogP contribution in [0.1, 0.15) is 21.0 Å². The molecule has 0 radical (unpaired) electrons. The van der Waals surface area contributed by atoms with Crippen molar-refractivity contribution in [2.24, 2.45) is 0 Å². The Morgan fingerprint density at radius 2 is 1.62 bits per heavy atom. The Labute approximate surface area is 173 Å². The molecule has 4 aromatic rings. The Bertz CT molecular complexity index is 1160. The summed E-state index contributed by atoms with van der Waals surface area (Å²) in [6.45, 7) is 5.74. The van der Waals surface area contributed by atoms with E-state index in [1.807, 2.05) is 75.4 Å². The highest BCUT2D eigenvalue weighted by Gasteiger charge is 2.16. The average Bonchev–Trinajstić information content (AvgIpc) is 3.24. The third kappa shape index (κ3) is 4.00. The maximum atomic E-state index is 12.3. The van der Waals surface area contributed by atoms with Gasteiger partial charge in [0.05, 0.1) is 28.4 Å². The van der Waals surface area contributed by atoms with Crippen molar-refractivity contribution in [3.8, 4) is 34.3 Å². The van der Waals surface area contributed by atoms with Gasteiger partial charge in [0.25, 0.3) is 5.89 Å². The summed E-state index contributed by atoms with van der Waals surface area (Å²) in [5.74, 6) is 0.765. The number of aromatic nitrogens is 4. The van der Waals surface area contributed by atoms with Crippen LogP contribution in [-0.4, -0.2) is 29.6 Å². The molecule has 7 heteroatoms. The van der Waals surface area contributed by atoms with Crippen molar-refractivity contribution in [2.75, 3.05) is 0 Å². The summed E-state index contributed by atoms with van der Waals surface area (Å²) < 4.78 is 18.1. The van der Waals surface area contributed by atoms with Crippen molar-refractivity contribution >= 4 is 10.8 Å². The molecule has 2 heterocycles. The molecular weight excluding hydrogens is 384 g/mol. The number of hydrogen-bond donors (Lipinski definition) is 0. The van der Waals surface area contributed by atoms with Crippen LogP contribution in [-0.2, 0) is 10.8 Å². The molecule has 0 fully saturated rings. The molecule has 2 aromatic carbocycles. The van der Waals surface area contributed by atoms with Crippen molar-refractivity contribution in [1.82, 2.24) is 20.2 Å². The normalized spacial score (nSPS) is 12.3. The second kappa shape index (κ2) is 8.05. The lowest BCUT2D eigenvalue weighted by atomic mass is 10.1. The van der Waals surface area contributed by atoms with E-state index in [1.165, 1.54) is 0 Å². The number of hydrogen-bond acceptors (Lipinski definition) is 6. The van der Waals surface area contributed by atoms with Crippen LogP contribution in [0.4, 0.5) is 0 Å². The minimum atomic E-state index is -1.02. The third-order valence-electron chi connectivity index (χ3n) is 4.41. The lowest BCUT2D eigenvalue weighted by Gasteiger charge is -2.08. The van der Waals surface area contributed by atoms with E-state index in [4.69, 9.17) is 9.40 Å². The van der Waals surface area contributed by atoms with Crippen LogP contribution in [0.3, 0.4) is 0 Å². The van der Waals surface area contributed by atoms with Gasteiger partial charge in [-0.2, -0.15) is 0 Å². The molecule has 0 saturated carbocycles. The van der Waals surface area contributed by atoms with Gasteiger partial charge in [-0.1, -0.05) is 44.2 Å². The summed E-state index contributed by atoms with van der Waals surface area (Å²) in [5, 5.41) is 8.36. The van der Waals surface area contributed by atoms with Crippen molar-refractivity contribution in [3.05, 3.63) is 66.5 Å². The van der Waals surface area contributed by atoms with Gasteiger partial charge in [0, 0.05) is 22.7 Å². The predicted octanol–water partition coefficient (Wildman–Crippen LogP) is 4.93. The number of nitrogens with zero attached hydrogens (tertiary/aromatic N) is 4. The number of rotatable bonds is 5. The van der Waals surface area contributed by atoms with Gasteiger partial charge in [0.1, 0.15) is 5.69 Å². The Morgan fingerprint density at radius 1 is 0.931 bits per heavy atom. The topological polar surface area (TPSA) is 81.8 Å². The van der Waals surface area contributed by atoms with Crippen molar-refractivity contribution in [2.45, 2.75) is 30.9 Å². The molecule has 0 aliphatic carbocycles. The highest BCUT2D eigenvalue weighted by molar-refractivity contribution is 7.85. The first-order chi connectivity index (χ1) is 14.0. The fourth-order valence-corrected chi connectivity index (χ4v) is 3.79. The van der Waals surface area contributed by atoms with E-state index < -0.39 is 10.8 Å². The molecule has 0 bridgehead atoms. The largest absolute Gasteiger partial charge is 0.415 e. The van der Waals surface area contributed by atoms with Gasteiger partial charge in [0.15, 0.2) is 0 Å². The molecule has 0 amide bonds. The summed E-state index contributed by atoms with van der Waals surface area (Å²) in [5.41, 5.74) is 3.67. The third-order valence-corrected chi connectivity index (χ3v) is 6.01. The monoisotopic (exact) mass is 406 g/mol. The number of aryl methyl sites for hydroxylation is 1. The fraction of sp³-hybridized carbons (Fsp3) is 0.182. The van der Waals surface area contributed by atoms with Crippen LogP contribution in [0.2, 0.25) is 0 Å². The van der Waals surface area contributed by atoms with Crippen molar-refractivity contribution in [3.63, 3.8) is 0 Å². The minimum Gasteiger partial charge on any atom is -0.415 e. The smallest absolute Gasteiger partial charge is 0.268 e. The first kappa shape index (κ1) is 19.1. The zero-order valence-corrected chi connectivity index (χ0v) is 17.2. The second-order valence-electron chi connectivity index (χ2n) is 6.84. The molecule has 148 valence electrons. The maximum Gasteiger partial charge on any atom is 0.268 e. The SMILES string of the molecule is Cc1ncc(-c2ccc(S(=O)C(C)C)cc2)nc1-c1nnc(-c2ccccc2)o1.[HH]. The van der Waals surface area contributed by atoms with Gasteiger partial charge in [-0.3, -0.25) is 9.19 Å². The molecule has 1 unspecified atom stereocenters. The van der Waals surface area contributed by atoms with E-state index in [9.17, 15) is 4.21 Å². The first-order valence-corrected chi connectivity index (χ1v) is 10.5. The van der Waals surface area contributed by atoms with E-state index in [2.05, 4.69) is 15.2 Å². The molecule has 0 saturated heterocycles. The van der Waals surface area contributed by atoms with E-state index in [0.29, 0.717) is 28.9 Å². The molecular formula is C22H22N4O2S. The molecule has 0 aliphatic heterocycles. The Kier molecular flexibility index (Phi) is 5.31. The first-order valence-electron chi connectivity index (χ1n) is 9.27. The summed E-state index contributed by atoms with van der Waals surface area (Å²) in [6.07, 6.45) is 1.71. The average molecular weight is 407 g/mol. The van der Waals surface area contributed by atoms with Crippen LogP contribution >= 0.6 is 0 Å². The number of benzene rings is 2. The predicted molar refractivity (Wildman–Crippen MR) is 115 cm³/mol. The highest BCUT2D eigenvalue weighted by Crippen LogP contribution is 2.27. The summed E-state index contributed by atoms with van der Waals surface area (Å²) in [4.78, 5) is 9.94. The van der Waals surface area contributed by atoms with Gasteiger partial charge in [-0.25, -0.2) is 4.98 Å².